The first-order valence-electron chi connectivity index (χ1n) is 7.12. The van der Waals surface area contributed by atoms with Crippen molar-refractivity contribution in [1.29, 1.82) is 0 Å². The predicted octanol–water partition coefficient (Wildman–Crippen LogP) is 2.42. The maximum atomic E-state index is 12.2. The highest BCUT2D eigenvalue weighted by molar-refractivity contribution is 7.99. The number of nitrogens with zero attached hydrogens (tertiary/aromatic N) is 1. The maximum Gasteiger partial charge on any atom is 0.397 e. The first-order chi connectivity index (χ1) is 9.44. The maximum absolute atomic E-state index is 12.2. The normalized spacial score (nSPS) is 25.8. The van der Waals surface area contributed by atoms with Gasteiger partial charge in [0.1, 0.15) is 6.42 Å². The number of likely N-dealkylation sites (tertiary alicyclic amines) is 1. The third kappa shape index (κ3) is 5.16. The molecule has 0 aromatic rings. The van der Waals surface area contributed by atoms with Gasteiger partial charge in [0.15, 0.2) is 0 Å². The van der Waals surface area contributed by atoms with Crippen LogP contribution in [0.1, 0.15) is 32.1 Å². The number of carbonyl (C=O) groups excluding carboxylic acids is 1. The number of hydrogen-bond donors (Lipinski definition) is 1. The number of thioether (sulfide) groups is 1. The topological polar surface area (TPSA) is 32.3 Å². The molecule has 2 heterocycles. The van der Waals surface area contributed by atoms with E-state index >= 15 is 0 Å². The zero-order chi connectivity index (χ0) is 14.6. The Labute approximate surface area is 121 Å². The molecule has 2 fully saturated rings. The highest BCUT2D eigenvalue weighted by atomic mass is 32.2. The highest BCUT2D eigenvalue weighted by Gasteiger charge is 2.34. The lowest BCUT2D eigenvalue weighted by atomic mass is 10.0. The Bertz CT molecular complexity index is 324. The second-order valence-electron chi connectivity index (χ2n) is 5.53. The van der Waals surface area contributed by atoms with Gasteiger partial charge < -0.3 is 10.2 Å². The van der Waals surface area contributed by atoms with Crippen LogP contribution in [-0.4, -0.2) is 53.7 Å². The van der Waals surface area contributed by atoms with Gasteiger partial charge in [-0.15, -0.1) is 0 Å². The van der Waals surface area contributed by atoms with Crippen molar-refractivity contribution < 1.29 is 18.0 Å². The molecule has 2 aliphatic rings. The number of rotatable bonds is 3. The molecule has 2 aliphatic heterocycles. The number of piperidine rings is 1. The van der Waals surface area contributed by atoms with E-state index in [9.17, 15) is 18.0 Å². The standard InChI is InChI=1S/C13H21F3N2OS/c14-13(15,16)8-12(19)18-5-3-10(4-6-18)17-11-2-1-7-20-9-11/h10-11,17H,1-9H2/t11-/m0/s1. The third-order valence-electron chi connectivity index (χ3n) is 3.83. The molecule has 0 aromatic heterocycles. The molecule has 2 rings (SSSR count). The van der Waals surface area contributed by atoms with Crippen LogP contribution < -0.4 is 5.32 Å². The van der Waals surface area contributed by atoms with Crippen molar-refractivity contribution in [3.05, 3.63) is 0 Å². The third-order valence-corrected chi connectivity index (χ3v) is 5.05. The van der Waals surface area contributed by atoms with Crippen LogP contribution in [0.5, 0.6) is 0 Å². The van der Waals surface area contributed by atoms with Crippen molar-refractivity contribution >= 4 is 17.7 Å². The minimum atomic E-state index is -4.40. The average molecular weight is 310 g/mol. The molecule has 1 N–H and O–H groups in total. The number of hydrogen-bond acceptors (Lipinski definition) is 3. The molecule has 116 valence electrons. The van der Waals surface area contributed by atoms with Crippen LogP contribution >= 0.6 is 11.8 Å². The van der Waals surface area contributed by atoms with Crippen molar-refractivity contribution in [1.82, 2.24) is 10.2 Å². The molecule has 2 saturated heterocycles. The van der Waals surface area contributed by atoms with Gasteiger partial charge in [-0.1, -0.05) is 0 Å². The Morgan fingerprint density at radius 1 is 1.20 bits per heavy atom. The molecule has 0 aromatic carbocycles. The van der Waals surface area contributed by atoms with Gasteiger partial charge in [-0.25, -0.2) is 0 Å². The van der Waals surface area contributed by atoms with E-state index in [1.165, 1.54) is 23.5 Å². The molecular weight excluding hydrogens is 289 g/mol. The zero-order valence-corrected chi connectivity index (χ0v) is 12.2. The van der Waals surface area contributed by atoms with Crippen LogP contribution in [-0.2, 0) is 4.79 Å². The first-order valence-corrected chi connectivity index (χ1v) is 8.28. The van der Waals surface area contributed by atoms with E-state index < -0.39 is 18.5 Å². The zero-order valence-electron chi connectivity index (χ0n) is 11.4. The Hall–Kier alpha value is -0.430. The second kappa shape index (κ2) is 7.02. The number of carbonyl (C=O) groups is 1. The van der Waals surface area contributed by atoms with E-state index in [-0.39, 0.29) is 0 Å². The average Bonchev–Trinajstić information content (AvgIpc) is 2.39. The number of halogens is 3. The number of nitrogens with one attached hydrogen (secondary N) is 1. The van der Waals surface area contributed by atoms with E-state index in [2.05, 4.69) is 5.32 Å². The fourth-order valence-corrected chi connectivity index (χ4v) is 3.87. The number of alkyl halides is 3. The monoisotopic (exact) mass is 310 g/mol. The minimum Gasteiger partial charge on any atom is -0.342 e. The van der Waals surface area contributed by atoms with E-state index in [1.807, 2.05) is 11.8 Å². The van der Waals surface area contributed by atoms with Crippen LogP contribution in [0, 0.1) is 0 Å². The second-order valence-corrected chi connectivity index (χ2v) is 6.68. The molecule has 0 saturated carbocycles. The van der Waals surface area contributed by atoms with Gasteiger partial charge >= 0.3 is 6.18 Å². The molecule has 0 radical (unpaired) electrons. The SMILES string of the molecule is O=C(CC(F)(F)F)N1CCC(N[C@H]2CCCSC2)CC1. The summed E-state index contributed by atoms with van der Waals surface area (Å²) in [5.41, 5.74) is 0. The molecule has 0 unspecified atom stereocenters. The minimum absolute atomic E-state index is 0.341. The van der Waals surface area contributed by atoms with Crippen molar-refractivity contribution in [2.45, 2.75) is 50.4 Å². The van der Waals surface area contributed by atoms with E-state index in [1.54, 1.807) is 0 Å². The summed E-state index contributed by atoms with van der Waals surface area (Å²) >= 11 is 1.95. The number of amides is 1. The molecular formula is C13H21F3N2OS. The van der Waals surface area contributed by atoms with Gasteiger partial charge in [-0.3, -0.25) is 4.79 Å². The molecule has 7 heteroatoms. The molecule has 0 aliphatic carbocycles. The summed E-state index contributed by atoms with van der Waals surface area (Å²) in [5.74, 6) is 1.56. The Kier molecular flexibility index (Phi) is 5.60. The highest BCUT2D eigenvalue weighted by Crippen LogP contribution is 2.23. The van der Waals surface area contributed by atoms with Gasteiger partial charge in [-0.2, -0.15) is 24.9 Å². The smallest absolute Gasteiger partial charge is 0.342 e. The lowest BCUT2D eigenvalue weighted by molar-refractivity contribution is -0.162. The summed E-state index contributed by atoms with van der Waals surface area (Å²) in [6.45, 7) is 0.874. The predicted molar refractivity (Wildman–Crippen MR) is 73.8 cm³/mol. The largest absolute Gasteiger partial charge is 0.397 e. The lowest BCUT2D eigenvalue weighted by Crippen LogP contribution is -2.49. The van der Waals surface area contributed by atoms with E-state index in [0.29, 0.717) is 25.2 Å². The Morgan fingerprint density at radius 3 is 2.45 bits per heavy atom. The van der Waals surface area contributed by atoms with Gasteiger partial charge in [0, 0.05) is 30.9 Å². The quantitative estimate of drug-likeness (QED) is 0.869. The van der Waals surface area contributed by atoms with Crippen LogP contribution in [0.25, 0.3) is 0 Å². The van der Waals surface area contributed by atoms with Crippen molar-refractivity contribution in [2.75, 3.05) is 24.6 Å². The van der Waals surface area contributed by atoms with Crippen molar-refractivity contribution in [3.8, 4) is 0 Å². The lowest BCUT2D eigenvalue weighted by Gasteiger charge is -2.35. The van der Waals surface area contributed by atoms with Gasteiger partial charge in [-0.05, 0) is 31.4 Å². The fraction of sp³-hybridized carbons (Fsp3) is 0.923. The first kappa shape index (κ1) is 15.9. The van der Waals surface area contributed by atoms with Crippen molar-refractivity contribution in [2.24, 2.45) is 0 Å². The van der Waals surface area contributed by atoms with E-state index in [4.69, 9.17) is 0 Å². The Balaban J connectivity index is 1.70. The fourth-order valence-electron chi connectivity index (χ4n) is 2.78. The van der Waals surface area contributed by atoms with Gasteiger partial charge in [0.05, 0.1) is 0 Å². The van der Waals surface area contributed by atoms with Crippen LogP contribution in [0.2, 0.25) is 0 Å². The van der Waals surface area contributed by atoms with Crippen LogP contribution in [0.15, 0.2) is 0 Å². The molecule has 0 bridgehead atoms. The summed E-state index contributed by atoms with van der Waals surface area (Å²) in [6, 6.07) is 0.866. The van der Waals surface area contributed by atoms with Crippen LogP contribution in [0.4, 0.5) is 13.2 Å². The molecule has 3 nitrogen and oxygen atoms in total. The molecule has 1 amide bonds. The van der Waals surface area contributed by atoms with Gasteiger partial charge in [0.2, 0.25) is 5.91 Å². The molecule has 1 atom stereocenters. The summed E-state index contributed by atoms with van der Waals surface area (Å²) in [7, 11) is 0. The molecule has 20 heavy (non-hydrogen) atoms. The summed E-state index contributed by atoms with van der Waals surface area (Å²) < 4.78 is 36.6. The summed E-state index contributed by atoms with van der Waals surface area (Å²) in [4.78, 5) is 12.8. The molecule has 0 spiro atoms. The van der Waals surface area contributed by atoms with Crippen molar-refractivity contribution in [3.63, 3.8) is 0 Å². The summed E-state index contributed by atoms with van der Waals surface area (Å²) in [5, 5.41) is 3.58. The van der Waals surface area contributed by atoms with Crippen LogP contribution in [0.3, 0.4) is 0 Å². The van der Waals surface area contributed by atoms with E-state index in [0.717, 1.165) is 18.6 Å². The van der Waals surface area contributed by atoms with Gasteiger partial charge in [0.25, 0.3) is 0 Å². The summed E-state index contributed by atoms with van der Waals surface area (Å²) in [6.07, 6.45) is -1.81. The Morgan fingerprint density at radius 2 is 1.90 bits per heavy atom.